The highest BCUT2D eigenvalue weighted by Gasteiger charge is 2.13. The molecule has 0 aliphatic rings. The lowest BCUT2D eigenvalue weighted by molar-refractivity contribution is 0.101. The largest absolute Gasteiger partial charge is 0.340 e. The van der Waals surface area contributed by atoms with Crippen molar-refractivity contribution in [2.75, 3.05) is 10.6 Å². The number of nitrogens with zero attached hydrogens (tertiary/aromatic N) is 3. The molecule has 0 fully saturated rings. The molecule has 0 bridgehead atoms. The molecule has 2 heterocycles. The van der Waals surface area contributed by atoms with Gasteiger partial charge in [-0.3, -0.25) is 14.6 Å². The maximum Gasteiger partial charge on any atom is 0.274 e. The fourth-order valence-electron chi connectivity index (χ4n) is 3.10. The molecule has 0 saturated carbocycles. The smallest absolute Gasteiger partial charge is 0.274 e. The first-order valence-corrected chi connectivity index (χ1v) is 9.38. The number of rotatable bonds is 5. The van der Waals surface area contributed by atoms with Crippen LogP contribution in [0.4, 0.5) is 17.2 Å². The van der Waals surface area contributed by atoms with E-state index in [4.69, 9.17) is 0 Å². The minimum atomic E-state index is -0.362. The van der Waals surface area contributed by atoms with Crippen LogP contribution in [0.2, 0.25) is 0 Å². The molecule has 0 aliphatic heterocycles. The van der Waals surface area contributed by atoms with Crippen molar-refractivity contribution in [3.63, 3.8) is 0 Å². The van der Waals surface area contributed by atoms with Crippen LogP contribution in [0.1, 0.15) is 33.6 Å². The summed E-state index contributed by atoms with van der Waals surface area (Å²) < 4.78 is 0. The Morgan fingerprint density at radius 2 is 1.73 bits per heavy atom. The predicted molar refractivity (Wildman–Crippen MR) is 116 cm³/mol. The quantitative estimate of drug-likeness (QED) is 0.480. The number of carbonyl (C=O) groups excluding carboxylic acids is 2. The third kappa shape index (κ3) is 4.15. The van der Waals surface area contributed by atoms with Gasteiger partial charge in [0.1, 0.15) is 17.3 Å². The zero-order valence-electron chi connectivity index (χ0n) is 16.5. The van der Waals surface area contributed by atoms with Gasteiger partial charge in [0.2, 0.25) is 0 Å². The summed E-state index contributed by atoms with van der Waals surface area (Å²) >= 11 is 0. The highest BCUT2D eigenvalue weighted by atomic mass is 16.2. The highest BCUT2D eigenvalue weighted by Crippen LogP contribution is 2.22. The topological polar surface area (TPSA) is 96.9 Å². The molecule has 0 aliphatic carbocycles. The number of para-hydroxylation sites is 1. The maximum atomic E-state index is 12.9. The molecule has 2 aromatic heterocycles. The summed E-state index contributed by atoms with van der Waals surface area (Å²) in [5.41, 5.74) is 2.83. The summed E-state index contributed by atoms with van der Waals surface area (Å²) in [7, 11) is 0. The molecule has 0 saturated heterocycles. The average Bonchev–Trinajstić information content (AvgIpc) is 2.74. The average molecular weight is 397 g/mol. The Morgan fingerprint density at radius 3 is 2.57 bits per heavy atom. The maximum absolute atomic E-state index is 12.9. The molecule has 0 spiro atoms. The normalized spacial score (nSPS) is 10.6. The number of hydrogen-bond acceptors (Lipinski definition) is 6. The second-order valence-electron chi connectivity index (χ2n) is 6.78. The summed E-state index contributed by atoms with van der Waals surface area (Å²) in [6.45, 7) is 3.23. The monoisotopic (exact) mass is 397 g/mol. The molecular formula is C23H19N5O2. The van der Waals surface area contributed by atoms with Crippen molar-refractivity contribution in [2.45, 2.75) is 13.8 Å². The molecule has 0 unspecified atom stereocenters. The van der Waals surface area contributed by atoms with E-state index in [0.717, 1.165) is 5.39 Å². The number of benzene rings is 2. The van der Waals surface area contributed by atoms with E-state index in [1.807, 2.05) is 30.3 Å². The molecule has 2 aromatic carbocycles. The third-order valence-corrected chi connectivity index (χ3v) is 4.49. The Morgan fingerprint density at radius 1 is 0.933 bits per heavy atom. The number of ketones is 1. The van der Waals surface area contributed by atoms with Gasteiger partial charge in [-0.15, -0.1) is 0 Å². The third-order valence-electron chi connectivity index (χ3n) is 4.49. The van der Waals surface area contributed by atoms with Crippen molar-refractivity contribution in [3.8, 4) is 0 Å². The van der Waals surface area contributed by atoms with Gasteiger partial charge in [0.05, 0.1) is 11.2 Å². The Labute approximate surface area is 173 Å². The van der Waals surface area contributed by atoms with Crippen molar-refractivity contribution < 1.29 is 9.59 Å². The minimum absolute atomic E-state index is 0.0266. The molecule has 4 rings (SSSR count). The van der Waals surface area contributed by atoms with Crippen LogP contribution in [-0.2, 0) is 0 Å². The molecule has 7 nitrogen and oxygen atoms in total. The number of Topliss-reactive ketones (excluding diaryl/α,β-unsaturated/α-hetero) is 1. The molecular weight excluding hydrogens is 378 g/mol. The van der Waals surface area contributed by atoms with Crippen LogP contribution in [0.25, 0.3) is 10.9 Å². The number of aromatic nitrogens is 3. The van der Waals surface area contributed by atoms with Gasteiger partial charge < -0.3 is 10.6 Å². The van der Waals surface area contributed by atoms with Gasteiger partial charge >= 0.3 is 0 Å². The molecule has 1 amide bonds. The second kappa shape index (κ2) is 8.08. The van der Waals surface area contributed by atoms with E-state index in [0.29, 0.717) is 34.1 Å². The van der Waals surface area contributed by atoms with Gasteiger partial charge in [-0.2, -0.15) is 0 Å². The number of hydrogen-bond donors (Lipinski definition) is 2. The van der Waals surface area contributed by atoms with E-state index in [9.17, 15) is 9.59 Å². The summed E-state index contributed by atoms with van der Waals surface area (Å²) in [6, 6.07) is 18.0. The Balaban J connectivity index is 1.60. The number of pyridine rings is 1. The predicted octanol–water partition coefficient (Wildman–Crippen LogP) is 4.53. The first-order valence-electron chi connectivity index (χ1n) is 9.38. The molecule has 2 N–H and O–H groups in total. The standard InChI is InChI=1S/C23H19N5O2/c1-14(29)17-7-3-9-18(12-17)27-21-13-20(25-15(2)26-21)23(30)28-19-10-4-6-16-8-5-11-24-22(16)19/h3-13H,1-2H3,(H,28,30)(H,25,26,27). The molecule has 148 valence electrons. The van der Waals surface area contributed by atoms with E-state index in [1.54, 1.807) is 43.5 Å². The molecule has 0 atom stereocenters. The van der Waals surface area contributed by atoms with Crippen LogP contribution in [0.15, 0.2) is 66.9 Å². The van der Waals surface area contributed by atoms with Crippen molar-refractivity contribution in [1.82, 2.24) is 15.0 Å². The summed E-state index contributed by atoms with van der Waals surface area (Å²) in [5.74, 6) is 0.522. The molecule has 30 heavy (non-hydrogen) atoms. The van der Waals surface area contributed by atoms with E-state index in [-0.39, 0.29) is 17.4 Å². The summed E-state index contributed by atoms with van der Waals surface area (Å²) in [4.78, 5) is 37.4. The van der Waals surface area contributed by atoms with Crippen LogP contribution in [0.5, 0.6) is 0 Å². The lowest BCUT2D eigenvalue weighted by Crippen LogP contribution is -2.15. The van der Waals surface area contributed by atoms with Gasteiger partial charge in [0, 0.05) is 28.9 Å². The number of carbonyl (C=O) groups is 2. The van der Waals surface area contributed by atoms with Crippen molar-refractivity contribution >= 4 is 39.8 Å². The first kappa shape index (κ1) is 19.2. The van der Waals surface area contributed by atoms with E-state index >= 15 is 0 Å². The van der Waals surface area contributed by atoms with Gasteiger partial charge in [-0.05, 0) is 38.1 Å². The lowest BCUT2D eigenvalue weighted by Gasteiger charge is -2.11. The molecule has 7 heteroatoms. The van der Waals surface area contributed by atoms with E-state index in [1.165, 1.54) is 6.92 Å². The summed E-state index contributed by atoms with van der Waals surface area (Å²) in [5, 5.41) is 6.94. The van der Waals surface area contributed by atoms with Crippen LogP contribution in [0, 0.1) is 6.92 Å². The van der Waals surface area contributed by atoms with Gasteiger partial charge in [-0.1, -0.05) is 30.3 Å². The SMILES string of the molecule is CC(=O)c1cccc(Nc2cc(C(=O)Nc3cccc4cccnc34)nc(C)n2)c1. The zero-order valence-corrected chi connectivity index (χ0v) is 16.5. The molecule has 0 radical (unpaired) electrons. The summed E-state index contributed by atoms with van der Waals surface area (Å²) in [6.07, 6.45) is 1.68. The van der Waals surface area contributed by atoms with Crippen molar-refractivity contribution in [2.24, 2.45) is 0 Å². The van der Waals surface area contributed by atoms with Crippen molar-refractivity contribution in [3.05, 3.63) is 83.9 Å². The second-order valence-corrected chi connectivity index (χ2v) is 6.78. The number of fused-ring (bicyclic) bond motifs is 1. The van der Waals surface area contributed by atoms with Crippen LogP contribution in [0.3, 0.4) is 0 Å². The number of amides is 1. The Bertz CT molecular complexity index is 1260. The van der Waals surface area contributed by atoms with E-state index in [2.05, 4.69) is 25.6 Å². The lowest BCUT2D eigenvalue weighted by atomic mass is 10.1. The first-order chi connectivity index (χ1) is 14.5. The van der Waals surface area contributed by atoms with Crippen LogP contribution >= 0.6 is 0 Å². The van der Waals surface area contributed by atoms with Crippen LogP contribution in [-0.4, -0.2) is 26.6 Å². The Hall–Kier alpha value is -4.13. The number of nitrogens with one attached hydrogen (secondary N) is 2. The number of anilines is 3. The Kier molecular flexibility index (Phi) is 5.17. The molecule has 4 aromatic rings. The van der Waals surface area contributed by atoms with Gasteiger partial charge in [-0.25, -0.2) is 9.97 Å². The fraction of sp³-hybridized carbons (Fsp3) is 0.0870. The number of aryl methyl sites for hydroxylation is 1. The van der Waals surface area contributed by atoms with Gasteiger partial charge in [0.25, 0.3) is 5.91 Å². The fourth-order valence-corrected chi connectivity index (χ4v) is 3.10. The minimum Gasteiger partial charge on any atom is -0.340 e. The van der Waals surface area contributed by atoms with Crippen LogP contribution < -0.4 is 10.6 Å². The van der Waals surface area contributed by atoms with Gasteiger partial charge in [0.15, 0.2) is 5.78 Å². The van der Waals surface area contributed by atoms with Crippen molar-refractivity contribution in [1.29, 1.82) is 0 Å². The highest BCUT2D eigenvalue weighted by molar-refractivity contribution is 6.07. The van der Waals surface area contributed by atoms with E-state index < -0.39 is 0 Å². The zero-order chi connectivity index (χ0) is 21.1.